The number of amides is 1. The molecule has 0 unspecified atom stereocenters. The highest BCUT2D eigenvalue weighted by atomic mass is 35.5. The van der Waals surface area contributed by atoms with Crippen molar-refractivity contribution in [2.45, 2.75) is 0 Å². The number of ether oxygens (including phenoxy) is 3. The van der Waals surface area contributed by atoms with E-state index in [1.54, 1.807) is 23.1 Å². The Morgan fingerprint density at radius 2 is 1.75 bits per heavy atom. The highest BCUT2D eigenvalue weighted by Crippen LogP contribution is 2.32. The standard InChI is InChI=1S/C20H19ClN2O5/c21-15-3-1-2-4-16(15)22-7-9-23(10-8-22)19(24)12-26-20(25)14-5-6-17-18(11-14)28-13-27-17/h1-6,11H,7-10,12-13H2. The maximum absolute atomic E-state index is 12.4. The molecule has 146 valence electrons. The van der Waals surface area contributed by atoms with E-state index in [0.29, 0.717) is 48.3 Å². The zero-order chi connectivity index (χ0) is 19.5. The third kappa shape index (κ3) is 3.84. The molecule has 0 aliphatic carbocycles. The highest BCUT2D eigenvalue weighted by Gasteiger charge is 2.24. The molecule has 8 heteroatoms. The summed E-state index contributed by atoms with van der Waals surface area (Å²) < 4.78 is 15.6. The minimum atomic E-state index is -0.568. The van der Waals surface area contributed by atoms with Gasteiger partial charge in [0.15, 0.2) is 18.1 Å². The molecule has 2 aliphatic rings. The zero-order valence-corrected chi connectivity index (χ0v) is 15.9. The largest absolute Gasteiger partial charge is 0.454 e. The van der Waals surface area contributed by atoms with E-state index in [9.17, 15) is 9.59 Å². The maximum Gasteiger partial charge on any atom is 0.338 e. The fourth-order valence-electron chi connectivity index (χ4n) is 3.23. The molecule has 2 aliphatic heterocycles. The molecular formula is C20H19ClN2O5. The van der Waals surface area contributed by atoms with Crippen molar-refractivity contribution in [3.05, 3.63) is 53.1 Å². The number of benzene rings is 2. The molecule has 1 fully saturated rings. The van der Waals surface area contributed by atoms with E-state index in [-0.39, 0.29) is 19.3 Å². The molecule has 0 saturated carbocycles. The van der Waals surface area contributed by atoms with Gasteiger partial charge in [0.05, 0.1) is 16.3 Å². The SMILES string of the molecule is O=C(OCC(=O)N1CCN(c2ccccc2Cl)CC1)c1ccc2c(c1)OCO2. The molecule has 1 amide bonds. The molecule has 4 rings (SSSR count). The first kappa shape index (κ1) is 18.4. The zero-order valence-electron chi connectivity index (χ0n) is 15.1. The molecule has 0 aromatic heterocycles. The molecule has 2 aromatic rings. The fraction of sp³-hybridized carbons (Fsp3) is 0.300. The summed E-state index contributed by atoms with van der Waals surface area (Å²) in [6, 6.07) is 12.4. The lowest BCUT2D eigenvalue weighted by Gasteiger charge is -2.36. The number of para-hydroxylation sites is 1. The van der Waals surface area contributed by atoms with Crippen molar-refractivity contribution in [3.63, 3.8) is 0 Å². The monoisotopic (exact) mass is 402 g/mol. The maximum atomic E-state index is 12.4. The minimum absolute atomic E-state index is 0.131. The number of halogens is 1. The van der Waals surface area contributed by atoms with Crippen LogP contribution in [0, 0.1) is 0 Å². The predicted octanol–water partition coefficient (Wildman–Crippen LogP) is 2.57. The lowest BCUT2D eigenvalue weighted by Crippen LogP contribution is -2.50. The molecule has 2 heterocycles. The first-order valence-corrected chi connectivity index (χ1v) is 9.33. The van der Waals surface area contributed by atoms with Gasteiger partial charge in [0.1, 0.15) is 0 Å². The van der Waals surface area contributed by atoms with E-state index in [1.807, 2.05) is 24.3 Å². The number of hydrogen-bond donors (Lipinski definition) is 0. The summed E-state index contributed by atoms with van der Waals surface area (Å²) in [6.07, 6.45) is 0. The van der Waals surface area contributed by atoms with E-state index < -0.39 is 5.97 Å². The van der Waals surface area contributed by atoms with Gasteiger partial charge in [-0.25, -0.2) is 4.79 Å². The molecule has 0 radical (unpaired) electrons. The highest BCUT2D eigenvalue weighted by molar-refractivity contribution is 6.33. The summed E-state index contributed by atoms with van der Waals surface area (Å²) in [6.45, 7) is 2.28. The molecule has 0 atom stereocenters. The molecule has 2 aromatic carbocycles. The van der Waals surface area contributed by atoms with Crippen LogP contribution in [0.25, 0.3) is 0 Å². The summed E-state index contributed by atoms with van der Waals surface area (Å²) in [5.74, 6) is 0.301. The Labute approximate surface area is 167 Å². The number of rotatable bonds is 4. The Bertz CT molecular complexity index is 896. The van der Waals surface area contributed by atoms with Crippen LogP contribution in [0.15, 0.2) is 42.5 Å². The summed E-state index contributed by atoms with van der Waals surface area (Å²) in [7, 11) is 0. The van der Waals surface area contributed by atoms with Gasteiger partial charge in [-0.05, 0) is 30.3 Å². The molecule has 0 bridgehead atoms. The van der Waals surface area contributed by atoms with Crippen LogP contribution in [-0.4, -0.2) is 56.4 Å². The van der Waals surface area contributed by atoms with Crippen molar-refractivity contribution in [3.8, 4) is 11.5 Å². The van der Waals surface area contributed by atoms with E-state index in [4.69, 9.17) is 25.8 Å². The van der Waals surface area contributed by atoms with Crippen LogP contribution in [0.1, 0.15) is 10.4 Å². The van der Waals surface area contributed by atoms with E-state index in [1.165, 1.54) is 0 Å². The van der Waals surface area contributed by atoms with Gasteiger partial charge in [0.2, 0.25) is 6.79 Å². The molecule has 1 saturated heterocycles. The van der Waals surface area contributed by atoms with Gasteiger partial charge < -0.3 is 24.0 Å². The van der Waals surface area contributed by atoms with E-state index >= 15 is 0 Å². The number of nitrogens with zero attached hydrogens (tertiary/aromatic N) is 2. The van der Waals surface area contributed by atoms with Crippen LogP contribution in [0.5, 0.6) is 11.5 Å². The molecule has 0 spiro atoms. The Kier molecular flexibility index (Phi) is 5.25. The third-order valence-corrected chi connectivity index (χ3v) is 5.08. The molecule has 28 heavy (non-hydrogen) atoms. The van der Waals surface area contributed by atoms with Gasteiger partial charge in [-0.1, -0.05) is 23.7 Å². The van der Waals surface area contributed by atoms with Crippen molar-refractivity contribution in [2.24, 2.45) is 0 Å². The summed E-state index contributed by atoms with van der Waals surface area (Å²) in [5, 5.41) is 0.694. The molecular weight excluding hydrogens is 384 g/mol. The van der Waals surface area contributed by atoms with Gasteiger partial charge in [-0.15, -0.1) is 0 Å². The van der Waals surface area contributed by atoms with Crippen molar-refractivity contribution in [1.82, 2.24) is 4.90 Å². The summed E-state index contributed by atoms with van der Waals surface area (Å²) in [4.78, 5) is 28.4. The van der Waals surface area contributed by atoms with Gasteiger partial charge in [0.25, 0.3) is 5.91 Å². The number of anilines is 1. The number of piperazine rings is 1. The van der Waals surface area contributed by atoms with Crippen LogP contribution in [-0.2, 0) is 9.53 Å². The molecule has 0 N–H and O–H groups in total. The average molecular weight is 403 g/mol. The Balaban J connectivity index is 1.28. The normalized spacial score (nSPS) is 15.5. The second-order valence-electron chi connectivity index (χ2n) is 6.46. The fourth-order valence-corrected chi connectivity index (χ4v) is 3.49. The summed E-state index contributed by atoms with van der Waals surface area (Å²) >= 11 is 6.24. The minimum Gasteiger partial charge on any atom is -0.454 e. The second-order valence-corrected chi connectivity index (χ2v) is 6.87. The lowest BCUT2D eigenvalue weighted by molar-refractivity contribution is -0.134. The van der Waals surface area contributed by atoms with Crippen molar-refractivity contribution in [1.29, 1.82) is 0 Å². The Morgan fingerprint density at radius 3 is 2.54 bits per heavy atom. The van der Waals surface area contributed by atoms with Crippen molar-refractivity contribution in [2.75, 3.05) is 44.5 Å². The van der Waals surface area contributed by atoms with Crippen LogP contribution in [0.4, 0.5) is 5.69 Å². The van der Waals surface area contributed by atoms with Gasteiger partial charge in [0, 0.05) is 26.2 Å². The van der Waals surface area contributed by atoms with Crippen LogP contribution in [0.3, 0.4) is 0 Å². The number of carbonyl (C=O) groups excluding carboxylic acids is 2. The van der Waals surface area contributed by atoms with E-state index in [0.717, 1.165) is 5.69 Å². The van der Waals surface area contributed by atoms with Gasteiger partial charge >= 0.3 is 5.97 Å². The van der Waals surface area contributed by atoms with Crippen LogP contribution < -0.4 is 14.4 Å². The number of hydrogen-bond acceptors (Lipinski definition) is 6. The topological polar surface area (TPSA) is 68.3 Å². The predicted molar refractivity (Wildman–Crippen MR) is 103 cm³/mol. The van der Waals surface area contributed by atoms with Crippen molar-refractivity contribution >= 4 is 29.2 Å². The lowest BCUT2D eigenvalue weighted by atomic mass is 10.2. The number of fused-ring (bicyclic) bond motifs is 1. The number of esters is 1. The second kappa shape index (κ2) is 7.98. The van der Waals surface area contributed by atoms with Crippen molar-refractivity contribution < 1.29 is 23.8 Å². The first-order valence-electron chi connectivity index (χ1n) is 8.96. The van der Waals surface area contributed by atoms with E-state index in [2.05, 4.69) is 4.90 Å². The smallest absolute Gasteiger partial charge is 0.338 e. The molecule has 7 nitrogen and oxygen atoms in total. The van der Waals surface area contributed by atoms with Crippen LogP contribution in [0.2, 0.25) is 5.02 Å². The average Bonchev–Trinajstić information content (AvgIpc) is 3.20. The summed E-state index contributed by atoms with van der Waals surface area (Å²) in [5.41, 5.74) is 1.28. The first-order chi connectivity index (χ1) is 13.6. The van der Waals surface area contributed by atoms with Gasteiger partial charge in [-0.2, -0.15) is 0 Å². The quantitative estimate of drug-likeness (QED) is 0.732. The number of carbonyl (C=O) groups is 2. The van der Waals surface area contributed by atoms with Gasteiger partial charge in [-0.3, -0.25) is 4.79 Å². The Hall–Kier alpha value is -2.93. The third-order valence-electron chi connectivity index (χ3n) is 4.76. The Morgan fingerprint density at radius 1 is 1.00 bits per heavy atom. The van der Waals surface area contributed by atoms with Crippen LogP contribution >= 0.6 is 11.6 Å².